The van der Waals surface area contributed by atoms with Gasteiger partial charge in [0.2, 0.25) is 0 Å². The zero-order valence-corrected chi connectivity index (χ0v) is 18.6. The molecule has 3 heterocycles. The van der Waals surface area contributed by atoms with Crippen LogP contribution < -0.4 is 5.32 Å². The second-order valence-corrected chi connectivity index (χ2v) is 8.49. The normalized spacial score (nSPS) is 12.6. The van der Waals surface area contributed by atoms with Gasteiger partial charge in [-0.15, -0.1) is 11.3 Å². The fourth-order valence-electron chi connectivity index (χ4n) is 3.52. The van der Waals surface area contributed by atoms with Gasteiger partial charge in [0.05, 0.1) is 23.2 Å². The molecule has 0 aliphatic rings. The van der Waals surface area contributed by atoms with Gasteiger partial charge in [-0.1, -0.05) is 0 Å². The monoisotopic (exact) mass is 423 g/mol. The summed E-state index contributed by atoms with van der Waals surface area (Å²) in [5.41, 5.74) is 3.70. The van der Waals surface area contributed by atoms with Crippen molar-refractivity contribution in [1.82, 2.24) is 14.8 Å². The summed E-state index contributed by atoms with van der Waals surface area (Å²) >= 11 is 1.64. The van der Waals surface area contributed by atoms with E-state index in [1.165, 1.54) is 4.88 Å². The topological polar surface area (TPSA) is 95.7 Å². The first-order valence-corrected chi connectivity index (χ1v) is 10.4. The number of nitrogens with one attached hydrogen (secondary N) is 2. The molecule has 0 bridgehead atoms. The molecule has 3 aromatic heterocycles. The number of rotatable bonds is 7. The molecule has 1 unspecified atom stereocenters. The first-order chi connectivity index (χ1) is 14.3. The molecule has 0 saturated heterocycles. The van der Waals surface area contributed by atoms with E-state index in [1.54, 1.807) is 30.6 Å². The first kappa shape index (κ1) is 21.6. The molecule has 30 heavy (non-hydrogen) atoms. The molecule has 0 radical (unpaired) electrons. The lowest BCUT2D eigenvalue weighted by atomic mass is 10.1. The summed E-state index contributed by atoms with van der Waals surface area (Å²) in [6, 6.07) is 9.91. The van der Waals surface area contributed by atoms with Crippen LogP contribution in [0.15, 0.2) is 29.8 Å². The van der Waals surface area contributed by atoms with Gasteiger partial charge in [0.25, 0.3) is 5.91 Å². The number of ether oxygens (including phenoxy) is 1. The van der Waals surface area contributed by atoms with Crippen LogP contribution in [0.4, 0.5) is 5.82 Å². The highest BCUT2D eigenvalue weighted by molar-refractivity contribution is 7.15. The molecule has 3 aromatic rings. The van der Waals surface area contributed by atoms with Crippen LogP contribution in [0.25, 0.3) is 16.6 Å². The van der Waals surface area contributed by atoms with Crippen LogP contribution in [0.1, 0.15) is 34.8 Å². The largest absolute Gasteiger partial charge is 0.383 e. The summed E-state index contributed by atoms with van der Waals surface area (Å²) in [4.78, 5) is 14.9. The number of aryl methyl sites for hydroxylation is 2. The van der Waals surface area contributed by atoms with E-state index in [2.05, 4.69) is 27.0 Å². The first-order valence-electron chi connectivity index (χ1n) is 9.56. The van der Waals surface area contributed by atoms with Crippen LogP contribution in [0.3, 0.4) is 0 Å². The second-order valence-electron chi connectivity index (χ2n) is 7.20. The Morgan fingerprint density at radius 2 is 2.17 bits per heavy atom. The highest BCUT2D eigenvalue weighted by Crippen LogP contribution is 2.28. The molecule has 0 aliphatic heterocycles. The number of hydrogen-bond acceptors (Lipinski definition) is 5. The van der Waals surface area contributed by atoms with Gasteiger partial charge in [0, 0.05) is 29.4 Å². The summed E-state index contributed by atoms with van der Waals surface area (Å²) < 4.78 is 7.40. The number of methoxy groups -OCH3 is 1. The quantitative estimate of drug-likeness (QED) is 0.428. The molecule has 7 nitrogen and oxygen atoms in total. The molecular weight excluding hydrogens is 398 g/mol. The Morgan fingerprint density at radius 1 is 1.40 bits per heavy atom. The second kappa shape index (κ2) is 9.11. The molecule has 0 fully saturated rings. The van der Waals surface area contributed by atoms with E-state index in [1.807, 2.05) is 45.0 Å². The molecule has 8 heteroatoms. The third-order valence-corrected chi connectivity index (χ3v) is 5.90. The minimum absolute atomic E-state index is 0.0196. The molecule has 1 atom stereocenters. The number of carbonyl (C=O) groups excluding carboxylic acids is 1. The lowest BCUT2D eigenvalue weighted by Gasteiger charge is -2.17. The van der Waals surface area contributed by atoms with Gasteiger partial charge in [-0.2, -0.15) is 10.4 Å². The smallest absolute Gasteiger partial charge is 0.267 e. The van der Waals surface area contributed by atoms with Crippen LogP contribution in [0, 0.1) is 32.1 Å². The SMILES string of the molecule is COCC(C)n1c(C)cc(C=C(C#N)C(=O)Nc2cc(-c3ccc(C)s3)[nH]n2)c1C. The summed E-state index contributed by atoms with van der Waals surface area (Å²) in [5.74, 6) is -0.117. The van der Waals surface area contributed by atoms with E-state index in [9.17, 15) is 10.1 Å². The van der Waals surface area contributed by atoms with Gasteiger partial charge in [0.15, 0.2) is 5.82 Å². The van der Waals surface area contributed by atoms with Gasteiger partial charge >= 0.3 is 0 Å². The molecule has 3 rings (SSSR count). The van der Waals surface area contributed by atoms with Crippen molar-refractivity contribution in [2.75, 3.05) is 19.0 Å². The van der Waals surface area contributed by atoms with Gasteiger partial charge in [-0.25, -0.2) is 0 Å². The zero-order valence-electron chi connectivity index (χ0n) is 17.7. The number of nitrogens with zero attached hydrogens (tertiary/aromatic N) is 3. The number of aromatic amines is 1. The third kappa shape index (κ3) is 4.53. The van der Waals surface area contributed by atoms with Gasteiger partial charge in [-0.05, 0) is 57.5 Å². The highest BCUT2D eigenvalue weighted by atomic mass is 32.1. The van der Waals surface area contributed by atoms with E-state index in [4.69, 9.17) is 4.74 Å². The number of carbonyl (C=O) groups is 1. The van der Waals surface area contributed by atoms with Crippen molar-refractivity contribution in [3.63, 3.8) is 0 Å². The average molecular weight is 424 g/mol. The number of aromatic nitrogens is 3. The Kier molecular flexibility index (Phi) is 6.55. The number of nitriles is 1. The Morgan fingerprint density at radius 3 is 2.80 bits per heavy atom. The predicted octanol–water partition coefficient (Wildman–Crippen LogP) is 4.62. The molecule has 2 N–H and O–H groups in total. The lowest BCUT2D eigenvalue weighted by Crippen LogP contribution is -2.14. The van der Waals surface area contributed by atoms with Crippen molar-refractivity contribution in [2.24, 2.45) is 0 Å². The summed E-state index contributed by atoms with van der Waals surface area (Å²) in [6.07, 6.45) is 1.61. The third-order valence-electron chi connectivity index (χ3n) is 4.86. The number of thiophene rings is 1. The fraction of sp³-hybridized carbons (Fsp3) is 0.318. The van der Waals surface area contributed by atoms with Gasteiger partial charge < -0.3 is 14.6 Å². The number of H-pyrrole nitrogens is 1. The Hall–Kier alpha value is -3.15. The van der Waals surface area contributed by atoms with E-state index in [0.717, 1.165) is 27.5 Å². The lowest BCUT2D eigenvalue weighted by molar-refractivity contribution is -0.112. The summed E-state index contributed by atoms with van der Waals surface area (Å²) in [6.45, 7) is 8.65. The Balaban J connectivity index is 1.80. The van der Waals surface area contributed by atoms with Crippen LogP contribution in [-0.2, 0) is 9.53 Å². The Labute approximate surface area is 180 Å². The minimum Gasteiger partial charge on any atom is -0.383 e. The number of anilines is 1. The van der Waals surface area contributed by atoms with Crippen molar-refractivity contribution >= 4 is 29.1 Å². The molecule has 156 valence electrons. The minimum atomic E-state index is -0.493. The maximum atomic E-state index is 12.7. The van der Waals surface area contributed by atoms with Crippen molar-refractivity contribution < 1.29 is 9.53 Å². The van der Waals surface area contributed by atoms with Crippen molar-refractivity contribution in [3.8, 4) is 16.6 Å². The summed E-state index contributed by atoms with van der Waals surface area (Å²) in [5, 5.41) is 19.3. The molecule has 0 saturated carbocycles. The van der Waals surface area contributed by atoms with Crippen LogP contribution >= 0.6 is 11.3 Å². The molecule has 0 aromatic carbocycles. The van der Waals surface area contributed by atoms with Gasteiger partial charge in [0.1, 0.15) is 11.6 Å². The van der Waals surface area contributed by atoms with Crippen molar-refractivity contribution in [1.29, 1.82) is 5.26 Å². The molecule has 1 amide bonds. The molecular formula is C22H25N5O2S. The number of amides is 1. The van der Waals surface area contributed by atoms with E-state index < -0.39 is 5.91 Å². The highest BCUT2D eigenvalue weighted by Gasteiger charge is 2.17. The van der Waals surface area contributed by atoms with Crippen LogP contribution in [0.2, 0.25) is 0 Å². The zero-order chi connectivity index (χ0) is 21.8. The van der Waals surface area contributed by atoms with Gasteiger partial charge in [-0.3, -0.25) is 9.89 Å². The van der Waals surface area contributed by atoms with E-state index >= 15 is 0 Å². The van der Waals surface area contributed by atoms with E-state index in [-0.39, 0.29) is 11.6 Å². The standard InChI is InChI=1S/C22H25N5O2S/c1-13-8-17(16(4)27(13)14(2)12-29-5)9-18(11-23)22(28)24-21-10-19(25-26-21)20-7-6-15(3)30-20/h6-10,14H,12H2,1-5H3,(H2,24,25,26,28). The Bertz CT molecular complexity index is 1130. The average Bonchev–Trinajstić information content (AvgIpc) is 3.39. The molecule has 0 spiro atoms. The van der Waals surface area contributed by atoms with E-state index in [0.29, 0.717) is 12.4 Å². The van der Waals surface area contributed by atoms with Crippen LogP contribution in [0.5, 0.6) is 0 Å². The van der Waals surface area contributed by atoms with Crippen LogP contribution in [-0.4, -0.2) is 34.4 Å². The predicted molar refractivity (Wildman–Crippen MR) is 119 cm³/mol. The van der Waals surface area contributed by atoms with Crippen molar-refractivity contribution in [3.05, 3.63) is 51.7 Å². The number of hydrogen-bond donors (Lipinski definition) is 2. The fourth-order valence-corrected chi connectivity index (χ4v) is 4.36. The summed E-state index contributed by atoms with van der Waals surface area (Å²) in [7, 11) is 1.67. The maximum absolute atomic E-state index is 12.7. The maximum Gasteiger partial charge on any atom is 0.267 e. The van der Waals surface area contributed by atoms with Crippen molar-refractivity contribution in [2.45, 2.75) is 33.7 Å². The molecule has 0 aliphatic carbocycles.